The molecule has 0 saturated carbocycles. The number of Topliss-reactive ketones (excluding diaryl/α,β-unsaturated/α-hetero) is 1. The van der Waals surface area contributed by atoms with E-state index >= 15 is 4.39 Å². The van der Waals surface area contributed by atoms with Crippen LogP contribution in [0.1, 0.15) is 49.5 Å². The van der Waals surface area contributed by atoms with Crippen LogP contribution in [0.4, 0.5) is 20.6 Å². The van der Waals surface area contributed by atoms with E-state index < -0.39 is 30.1 Å². The Morgan fingerprint density at radius 3 is 2.38 bits per heavy atom. The summed E-state index contributed by atoms with van der Waals surface area (Å²) in [6, 6.07) is 10.4. The highest BCUT2D eigenvalue weighted by molar-refractivity contribution is 5.98. The van der Waals surface area contributed by atoms with Crippen LogP contribution in [0.25, 0.3) is 0 Å². The number of anilines is 2. The van der Waals surface area contributed by atoms with Gasteiger partial charge in [-0.2, -0.15) is 0 Å². The lowest BCUT2D eigenvalue weighted by Crippen LogP contribution is -2.50. The van der Waals surface area contributed by atoms with Crippen LogP contribution in [0.15, 0.2) is 42.5 Å². The van der Waals surface area contributed by atoms with Crippen LogP contribution in [0.3, 0.4) is 0 Å². The number of amides is 4. The van der Waals surface area contributed by atoms with Gasteiger partial charge in [0.1, 0.15) is 18.2 Å². The molecular weight excluding hydrogens is 625 g/mol. The van der Waals surface area contributed by atoms with Crippen LogP contribution in [0.2, 0.25) is 0 Å². The third kappa shape index (κ3) is 9.81. The number of aldehydes is 1. The lowest BCUT2D eigenvalue weighted by molar-refractivity contribution is -0.131. The largest absolute Gasteiger partial charge is 0.442 e. The maximum absolute atomic E-state index is 15.2. The Labute approximate surface area is 278 Å². The number of ether oxygens (including phenoxy) is 1. The summed E-state index contributed by atoms with van der Waals surface area (Å²) in [6.07, 6.45) is -0.365. The van der Waals surface area contributed by atoms with E-state index in [-0.39, 0.29) is 49.4 Å². The first-order valence-corrected chi connectivity index (χ1v) is 15.9. The molecule has 14 nitrogen and oxygen atoms in total. The number of hydrogen-bond donors (Lipinski definition) is 4. The molecule has 2 fully saturated rings. The van der Waals surface area contributed by atoms with E-state index in [1.807, 2.05) is 4.90 Å². The number of hydrogen-bond acceptors (Lipinski definition) is 10. The van der Waals surface area contributed by atoms with E-state index in [9.17, 15) is 28.8 Å². The van der Waals surface area contributed by atoms with Gasteiger partial charge in [-0.15, -0.1) is 0 Å². The second kappa shape index (κ2) is 16.8. The Morgan fingerprint density at radius 1 is 1.02 bits per heavy atom. The third-order valence-corrected chi connectivity index (χ3v) is 8.09. The molecule has 0 spiro atoms. The Kier molecular flexibility index (Phi) is 12.6. The number of cyclic esters (lactones) is 1. The van der Waals surface area contributed by atoms with Crippen molar-refractivity contribution in [2.24, 2.45) is 0 Å². The van der Waals surface area contributed by atoms with Gasteiger partial charge in [0.25, 0.3) is 0 Å². The molecule has 2 aromatic carbocycles. The minimum absolute atomic E-state index is 0.0603. The molecule has 0 aromatic heterocycles. The molecule has 4 N–H and O–H groups in total. The van der Waals surface area contributed by atoms with Crippen molar-refractivity contribution in [2.45, 2.75) is 58.3 Å². The molecule has 0 unspecified atom stereocenters. The van der Waals surface area contributed by atoms with Gasteiger partial charge < -0.3 is 30.0 Å². The van der Waals surface area contributed by atoms with Gasteiger partial charge in [-0.3, -0.25) is 29.5 Å². The molecule has 2 aromatic rings. The first kappa shape index (κ1) is 36.0. The number of hydrazine groups is 1. The van der Waals surface area contributed by atoms with E-state index in [4.69, 9.17) is 4.74 Å². The summed E-state index contributed by atoms with van der Waals surface area (Å²) >= 11 is 0. The summed E-state index contributed by atoms with van der Waals surface area (Å²) < 4.78 is 20.4. The summed E-state index contributed by atoms with van der Waals surface area (Å²) in [5, 5.41) is 5.16. The van der Waals surface area contributed by atoms with Gasteiger partial charge in [0.15, 0.2) is 5.78 Å². The number of carbonyl (C=O) groups excluding carboxylic acids is 6. The molecule has 2 heterocycles. The number of ketones is 1. The van der Waals surface area contributed by atoms with Gasteiger partial charge in [0, 0.05) is 58.1 Å². The smallest absolute Gasteiger partial charge is 0.414 e. The van der Waals surface area contributed by atoms with Gasteiger partial charge >= 0.3 is 6.09 Å². The van der Waals surface area contributed by atoms with Gasteiger partial charge in [-0.25, -0.2) is 14.6 Å². The van der Waals surface area contributed by atoms with E-state index in [0.717, 1.165) is 5.56 Å². The first-order chi connectivity index (χ1) is 22.9. The fourth-order valence-corrected chi connectivity index (χ4v) is 5.30. The van der Waals surface area contributed by atoms with Gasteiger partial charge in [0.05, 0.1) is 36.5 Å². The van der Waals surface area contributed by atoms with Crippen molar-refractivity contribution in [1.29, 1.82) is 0 Å². The summed E-state index contributed by atoms with van der Waals surface area (Å²) in [5.41, 5.74) is 7.89. The number of carbonyl (C=O) groups is 6. The third-order valence-electron chi connectivity index (χ3n) is 8.09. The van der Waals surface area contributed by atoms with Crippen molar-refractivity contribution >= 4 is 47.3 Å². The van der Waals surface area contributed by atoms with Gasteiger partial charge in [0.2, 0.25) is 17.7 Å². The highest BCUT2D eigenvalue weighted by Gasteiger charge is 2.33. The molecule has 2 saturated heterocycles. The molecule has 0 radical (unpaired) electrons. The number of rotatable bonds is 15. The first-order valence-electron chi connectivity index (χ1n) is 15.9. The lowest BCUT2D eigenvalue weighted by Gasteiger charge is -2.36. The summed E-state index contributed by atoms with van der Waals surface area (Å²) in [7, 11) is 0. The zero-order valence-electron chi connectivity index (χ0n) is 27.3. The average molecular weight is 668 g/mol. The van der Waals surface area contributed by atoms with E-state index in [2.05, 4.69) is 21.5 Å². The van der Waals surface area contributed by atoms with Crippen molar-refractivity contribution in [3.05, 3.63) is 59.4 Å². The molecule has 0 aliphatic carbocycles. The zero-order valence-corrected chi connectivity index (χ0v) is 27.3. The second-order valence-corrected chi connectivity index (χ2v) is 11.8. The number of nitrogens with zero attached hydrogens (tertiary/aromatic N) is 3. The van der Waals surface area contributed by atoms with Crippen molar-refractivity contribution < 1.29 is 37.9 Å². The quantitative estimate of drug-likeness (QED) is 0.123. The van der Waals surface area contributed by atoms with Crippen LogP contribution in [-0.2, 0) is 30.5 Å². The average Bonchev–Trinajstić information content (AvgIpc) is 3.46. The standard InChI is InChI=1S/C33H42FN7O7/c1-21(20-42)37-32(46)22(2)38-36-17-24-4-6-25(7-5-24)30(44)10-11-31(45)40-14-12-39(13-15-40)29-9-8-26(16-28(29)34)41-19-27(48-33(41)47)18-35-23(3)43/h4-9,16,20-22,27,36,38H,10-15,17-19H2,1-3H3,(H,35,43)(H,37,46)/t21-,22-,27-/m0/s1. The number of benzene rings is 2. The Hall–Kier alpha value is -4.89. The van der Waals surface area contributed by atoms with E-state index in [1.54, 1.807) is 55.1 Å². The monoisotopic (exact) mass is 667 g/mol. The molecule has 4 amide bonds. The van der Waals surface area contributed by atoms with Crippen LogP contribution in [0.5, 0.6) is 0 Å². The van der Waals surface area contributed by atoms with E-state index in [1.165, 1.54) is 17.9 Å². The molecule has 4 rings (SSSR count). The number of piperazine rings is 1. The van der Waals surface area contributed by atoms with Crippen molar-refractivity contribution in [2.75, 3.05) is 49.1 Å². The maximum atomic E-state index is 15.2. The van der Waals surface area contributed by atoms with Crippen LogP contribution < -0.4 is 31.3 Å². The highest BCUT2D eigenvalue weighted by Crippen LogP contribution is 2.28. The SMILES string of the molecule is CC(=O)NC[C@H]1CN(c2ccc(N3CCN(C(=O)CCC(=O)c4ccc(CNN[C@@H](C)C(=O)N[C@@H](C)C=O)cc4)CC3)c(F)c2)C(=O)O1. The molecule has 2 aliphatic heterocycles. The Bertz CT molecular complexity index is 1500. The van der Waals surface area contributed by atoms with Gasteiger partial charge in [-0.1, -0.05) is 24.3 Å². The summed E-state index contributed by atoms with van der Waals surface area (Å²) in [6.45, 7) is 6.95. The minimum Gasteiger partial charge on any atom is -0.442 e. The Balaban J connectivity index is 1.18. The predicted molar refractivity (Wildman–Crippen MR) is 175 cm³/mol. The molecule has 2 aliphatic rings. The topological polar surface area (TPSA) is 169 Å². The van der Waals surface area contributed by atoms with Crippen LogP contribution in [-0.4, -0.2) is 98.2 Å². The second-order valence-electron chi connectivity index (χ2n) is 11.8. The maximum Gasteiger partial charge on any atom is 0.414 e. The highest BCUT2D eigenvalue weighted by atomic mass is 19.1. The molecule has 258 valence electrons. The molecule has 0 bridgehead atoms. The molecule has 15 heteroatoms. The van der Waals surface area contributed by atoms with Crippen LogP contribution in [0, 0.1) is 5.82 Å². The fraction of sp³-hybridized carbons (Fsp3) is 0.455. The minimum atomic E-state index is -0.609. The number of nitrogens with one attached hydrogen (secondary N) is 4. The van der Waals surface area contributed by atoms with Crippen molar-refractivity contribution in [3.8, 4) is 0 Å². The summed E-state index contributed by atoms with van der Waals surface area (Å²) in [5.74, 6) is -1.35. The summed E-state index contributed by atoms with van der Waals surface area (Å²) in [4.78, 5) is 76.6. The van der Waals surface area contributed by atoms with Crippen molar-refractivity contribution in [3.63, 3.8) is 0 Å². The number of halogens is 1. The fourth-order valence-electron chi connectivity index (χ4n) is 5.30. The zero-order chi connectivity index (χ0) is 34.8. The molecule has 48 heavy (non-hydrogen) atoms. The van der Waals surface area contributed by atoms with E-state index in [0.29, 0.717) is 55.9 Å². The molecule has 3 atom stereocenters. The normalized spacial score (nSPS) is 17.4. The lowest BCUT2D eigenvalue weighted by atomic mass is 10.0. The van der Waals surface area contributed by atoms with Crippen molar-refractivity contribution in [1.82, 2.24) is 26.4 Å². The van der Waals surface area contributed by atoms with Crippen LogP contribution >= 0.6 is 0 Å². The Morgan fingerprint density at radius 2 is 1.73 bits per heavy atom. The molecular formula is C33H42FN7O7. The predicted octanol–water partition coefficient (Wildman–Crippen LogP) is 1.29. The van der Waals surface area contributed by atoms with Gasteiger partial charge in [-0.05, 0) is 37.6 Å².